The van der Waals surface area contributed by atoms with Crippen LogP contribution in [0, 0.1) is 19.7 Å². The molecule has 26 heavy (non-hydrogen) atoms. The molecule has 1 N–H and O–H groups in total. The van der Waals surface area contributed by atoms with Crippen LogP contribution in [0.2, 0.25) is 0 Å². The first kappa shape index (κ1) is 17.8. The Morgan fingerprint density at radius 2 is 1.96 bits per heavy atom. The van der Waals surface area contributed by atoms with E-state index in [2.05, 4.69) is 15.6 Å². The highest BCUT2D eigenvalue weighted by atomic mass is 19.1. The molecule has 0 spiro atoms. The van der Waals surface area contributed by atoms with Gasteiger partial charge in [0, 0.05) is 6.04 Å². The summed E-state index contributed by atoms with van der Waals surface area (Å²) in [5.41, 5.74) is 3.45. The van der Waals surface area contributed by atoms with E-state index in [0.29, 0.717) is 17.7 Å². The minimum absolute atomic E-state index is 0.233. The summed E-state index contributed by atoms with van der Waals surface area (Å²) in [6.45, 7) is 5.64. The fourth-order valence-electron chi connectivity index (χ4n) is 2.88. The lowest BCUT2D eigenvalue weighted by molar-refractivity contribution is 0.0934. The Labute approximate surface area is 151 Å². The van der Waals surface area contributed by atoms with Crippen molar-refractivity contribution in [3.63, 3.8) is 0 Å². The van der Waals surface area contributed by atoms with Crippen LogP contribution >= 0.6 is 0 Å². The number of nitrogens with zero attached hydrogens (tertiary/aromatic N) is 3. The van der Waals surface area contributed by atoms with Crippen molar-refractivity contribution in [2.24, 2.45) is 0 Å². The number of aryl methyl sites for hydroxylation is 1. The lowest BCUT2D eigenvalue weighted by atomic mass is 10.1. The first-order valence-corrected chi connectivity index (χ1v) is 8.49. The number of aromatic nitrogens is 3. The van der Waals surface area contributed by atoms with Crippen molar-refractivity contribution in [3.05, 3.63) is 76.9 Å². The van der Waals surface area contributed by atoms with E-state index in [1.54, 1.807) is 29.8 Å². The van der Waals surface area contributed by atoms with Gasteiger partial charge in [0.25, 0.3) is 5.91 Å². The molecule has 0 aliphatic rings. The van der Waals surface area contributed by atoms with Gasteiger partial charge < -0.3 is 5.32 Å². The van der Waals surface area contributed by atoms with Crippen molar-refractivity contribution in [2.45, 2.75) is 33.2 Å². The van der Waals surface area contributed by atoms with Gasteiger partial charge in [0.05, 0.1) is 11.4 Å². The Morgan fingerprint density at radius 3 is 2.69 bits per heavy atom. The second-order valence-corrected chi connectivity index (χ2v) is 6.44. The lowest BCUT2D eigenvalue weighted by Crippen LogP contribution is -2.35. The number of hydrogen-bond acceptors (Lipinski definition) is 3. The molecule has 1 atom stereocenters. The summed E-state index contributed by atoms with van der Waals surface area (Å²) in [7, 11) is 0. The molecule has 0 aliphatic heterocycles. The van der Waals surface area contributed by atoms with Crippen molar-refractivity contribution in [1.82, 2.24) is 20.3 Å². The smallest absolute Gasteiger partial charge is 0.273 e. The van der Waals surface area contributed by atoms with Gasteiger partial charge in [0.1, 0.15) is 5.82 Å². The Hall–Kier alpha value is -3.02. The Bertz CT molecular complexity index is 935. The van der Waals surface area contributed by atoms with Gasteiger partial charge in [-0.25, -0.2) is 9.07 Å². The molecule has 0 fully saturated rings. The Morgan fingerprint density at radius 1 is 1.19 bits per heavy atom. The predicted molar refractivity (Wildman–Crippen MR) is 97.9 cm³/mol. The zero-order chi connectivity index (χ0) is 18.7. The average molecular weight is 352 g/mol. The molecule has 1 heterocycles. The number of nitrogens with one attached hydrogen (secondary N) is 1. The van der Waals surface area contributed by atoms with E-state index in [4.69, 9.17) is 0 Å². The summed E-state index contributed by atoms with van der Waals surface area (Å²) in [5, 5.41) is 11.0. The van der Waals surface area contributed by atoms with E-state index in [9.17, 15) is 9.18 Å². The molecule has 0 bridgehead atoms. The molecule has 0 saturated carbocycles. The predicted octanol–water partition coefficient (Wildman–Crippen LogP) is 3.38. The minimum atomic E-state index is -0.315. The van der Waals surface area contributed by atoms with Crippen molar-refractivity contribution in [1.29, 1.82) is 0 Å². The molecule has 2 aromatic carbocycles. The standard InChI is InChI=1S/C20H21FN4O/c1-13-7-6-9-17(11-13)25-15(3)19(23-24-25)20(26)22-14(2)12-16-8-4-5-10-18(16)21/h4-11,14H,12H2,1-3H3,(H,22,26). The maximum atomic E-state index is 13.8. The number of carbonyl (C=O) groups is 1. The van der Waals surface area contributed by atoms with Crippen LogP contribution in [0.15, 0.2) is 48.5 Å². The monoisotopic (exact) mass is 352 g/mol. The van der Waals surface area contributed by atoms with Crippen LogP contribution in [0.1, 0.15) is 34.2 Å². The van der Waals surface area contributed by atoms with Crippen molar-refractivity contribution >= 4 is 5.91 Å². The summed E-state index contributed by atoms with van der Waals surface area (Å²) >= 11 is 0. The van der Waals surface area contributed by atoms with Crippen molar-refractivity contribution < 1.29 is 9.18 Å². The SMILES string of the molecule is Cc1cccc(-n2nnc(C(=O)NC(C)Cc3ccccc3F)c2C)c1. The van der Waals surface area contributed by atoms with Crippen LogP contribution in [0.25, 0.3) is 5.69 Å². The third kappa shape index (κ3) is 3.79. The highest BCUT2D eigenvalue weighted by Crippen LogP contribution is 2.14. The van der Waals surface area contributed by atoms with E-state index >= 15 is 0 Å². The number of benzene rings is 2. The molecule has 1 unspecified atom stereocenters. The van der Waals surface area contributed by atoms with Crippen LogP contribution in [-0.2, 0) is 6.42 Å². The van der Waals surface area contributed by atoms with E-state index in [0.717, 1.165) is 11.3 Å². The third-order valence-corrected chi connectivity index (χ3v) is 4.22. The van der Waals surface area contributed by atoms with Crippen molar-refractivity contribution in [3.8, 4) is 5.69 Å². The zero-order valence-corrected chi connectivity index (χ0v) is 15.0. The largest absolute Gasteiger partial charge is 0.348 e. The maximum absolute atomic E-state index is 13.8. The summed E-state index contributed by atoms with van der Waals surface area (Å²) in [6, 6.07) is 14.2. The molecule has 1 amide bonds. The number of halogens is 1. The summed E-state index contributed by atoms with van der Waals surface area (Å²) in [5.74, 6) is -0.583. The first-order valence-electron chi connectivity index (χ1n) is 8.49. The van der Waals surface area contributed by atoms with Crippen LogP contribution in [0.4, 0.5) is 4.39 Å². The number of hydrogen-bond donors (Lipinski definition) is 1. The molecule has 3 aromatic rings. The molecule has 3 rings (SSSR count). The molecular formula is C20H21FN4O. The van der Waals surface area contributed by atoms with Gasteiger partial charge >= 0.3 is 0 Å². The second kappa shape index (κ2) is 7.47. The first-order chi connectivity index (χ1) is 12.5. The quantitative estimate of drug-likeness (QED) is 0.766. The normalized spacial score (nSPS) is 12.0. The molecule has 0 saturated heterocycles. The van der Waals surface area contributed by atoms with Crippen LogP contribution in [0.5, 0.6) is 0 Å². The Balaban J connectivity index is 1.73. The molecule has 5 nitrogen and oxygen atoms in total. The number of rotatable bonds is 5. The number of amides is 1. The fourth-order valence-corrected chi connectivity index (χ4v) is 2.88. The van der Waals surface area contributed by atoms with Crippen LogP contribution in [-0.4, -0.2) is 26.9 Å². The van der Waals surface area contributed by atoms with Gasteiger partial charge in [-0.15, -0.1) is 5.10 Å². The van der Waals surface area contributed by atoms with Gasteiger partial charge in [-0.1, -0.05) is 35.5 Å². The molecule has 0 aliphatic carbocycles. The van der Waals surface area contributed by atoms with Crippen LogP contribution in [0.3, 0.4) is 0 Å². The molecule has 0 radical (unpaired) electrons. The van der Waals surface area contributed by atoms with Gasteiger partial charge in [-0.2, -0.15) is 0 Å². The van der Waals surface area contributed by atoms with Gasteiger partial charge in [-0.3, -0.25) is 4.79 Å². The van der Waals surface area contributed by atoms with Gasteiger partial charge in [0.15, 0.2) is 5.69 Å². The fraction of sp³-hybridized carbons (Fsp3) is 0.250. The van der Waals surface area contributed by atoms with Gasteiger partial charge in [0.2, 0.25) is 0 Å². The van der Waals surface area contributed by atoms with Gasteiger partial charge in [-0.05, 0) is 56.5 Å². The molecule has 1 aromatic heterocycles. The molecule has 134 valence electrons. The summed E-state index contributed by atoms with van der Waals surface area (Å²) < 4.78 is 15.4. The van der Waals surface area contributed by atoms with E-state index < -0.39 is 0 Å². The second-order valence-electron chi connectivity index (χ2n) is 6.44. The summed E-state index contributed by atoms with van der Waals surface area (Å²) in [6.07, 6.45) is 0.406. The van der Waals surface area contributed by atoms with Crippen LogP contribution < -0.4 is 5.32 Å². The van der Waals surface area contributed by atoms with Crippen molar-refractivity contribution in [2.75, 3.05) is 0 Å². The highest BCUT2D eigenvalue weighted by Gasteiger charge is 2.19. The lowest BCUT2D eigenvalue weighted by Gasteiger charge is -2.14. The maximum Gasteiger partial charge on any atom is 0.273 e. The zero-order valence-electron chi connectivity index (χ0n) is 15.0. The molecule has 6 heteroatoms. The van der Waals surface area contributed by atoms with E-state index in [1.807, 2.05) is 38.1 Å². The summed E-state index contributed by atoms with van der Waals surface area (Å²) in [4.78, 5) is 12.5. The van der Waals surface area contributed by atoms with E-state index in [1.165, 1.54) is 6.07 Å². The third-order valence-electron chi connectivity index (χ3n) is 4.22. The molecular weight excluding hydrogens is 331 g/mol. The Kier molecular flexibility index (Phi) is 5.11. The number of carbonyl (C=O) groups excluding carboxylic acids is 1. The van der Waals surface area contributed by atoms with E-state index in [-0.39, 0.29) is 23.5 Å². The minimum Gasteiger partial charge on any atom is -0.348 e. The topological polar surface area (TPSA) is 59.8 Å². The highest BCUT2D eigenvalue weighted by molar-refractivity contribution is 5.93. The average Bonchev–Trinajstić information content (AvgIpc) is 2.98.